The van der Waals surface area contributed by atoms with Gasteiger partial charge in [0.1, 0.15) is 10.8 Å². The molecule has 1 aromatic carbocycles. The molecule has 0 atom stereocenters. The van der Waals surface area contributed by atoms with E-state index in [2.05, 4.69) is 19.9 Å². The standard InChI is InChI=1S/C14H13Cl2N3S/c1-9-8-20-14(17-9)7-19-12-3-2-10(16)6-11(12)18-13(19)4-5-15/h2-3,6,8H,4-5,7H2,1H3. The highest BCUT2D eigenvalue weighted by Gasteiger charge is 2.12. The van der Waals surface area contributed by atoms with Crippen LogP contribution >= 0.6 is 34.5 Å². The number of rotatable bonds is 4. The molecule has 0 N–H and O–H groups in total. The Balaban J connectivity index is 2.08. The average Bonchev–Trinajstić information content (AvgIpc) is 2.95. The van der Waals surface area contributed by atoms with E-state index in [0.717, 1.165) is 40.5 Å². The summed E-state index contributed by atoms with van der Waals surface area (Å²) in [5, 5.41) is 3.84. The summed E-state index contributed by atoms with van der Waals surface area (Å²) < 4.78 is 2.17. The Morgan fingerprint density at radius 2 is 2.15 bits per heavy atom. The Kier molecular flexibility index (Phi) is 3.96. The molecule has 3 nitrogen and oxygen atoms in total. The van der Waals surface area contributed by atoms with Gasteiger partial charge in [0.25, 0.3) is 0 Å². The number of imidazole rings is 1. The fourth-order valence-electron chi connectivity index (χ4n) is 2.22. The van der Waals surface area contributed by atoms with Crippen LogP contribution in [-0.2, 0) is 13.0 Å². The summed E-state index contributed by atoms with van der Waals surface area (Å²) in [5.74, 6) is 1.53. The Morgan fingerprint density at radius 3 is 2.85 bits per heavy atom. The molecule has 2 heterocycles. The van der Waals surface area contributed by atoms with Crippen LogP contribution < -0.4 is 0 Å². The van der Waals surface area contributed by atoms with Crippen LogP contribution in [0.2, 0.25) is 5.02 Å². The minimum atomic E-state index is 0.550. The number of thiazole rings is 1. The zero-order valence-corrected chi connectivity index (χ0v) is 13.3. The lowest BCUT2D eigenvalue weighted by Gasteiger charge is -2.06. The van der Waals surface area contributed by atoms with Gasteiger partial charge in [-0.15, -0.1) is 22.9 Å². The van der Waals surface area contributed by atoms with Crippen molar-refractivity contribution in [2.45, 2.75) is 19.9 Å². The second kappa shape index (κ2) is 5.72. The van der Waals surface area contributed by atoms with Crippen molar-refractivity contribution in [3.8, 4) is 0 Å². The van der Waals surface area contributed by atoms with Crippen LogP contribution in [0.4, 0.5) is 0 Å². The smallest absolute Gasteiger partial charge is 0.113 e. The quantitative estimate of drug-likeness (QED) is 0.670. The molecule has 0 aliphatic carbocycles. The van der Waals surface area contributed by atoms with E-state index in [4.69, 9.17) is 23.2 Å². The second-order valence-corrected chi connectivity index (χ2v) is 6.33. The maximum atomic E-state index is 6.04. The van der Waals surface area contributed by atoms with E-state index >= 15 is 0 Å². The lowest BCUT2D eigenvalue weighted by atomic mass is 10.3. The summed E-state index contributed by atoms with van der Waals surface area (Å²) in [7, 11) is 0. The Morgan fingerprint density at radius 1 is 1.30 bits per heavy atom. The van der Waals surface area contributed by atoms with Crippen molar-refractivity contribution in [2.75, 3.05) is 5.88 Å². The number of hydrogen-bond acceptors (Lipinski definition) is 3. The van der Waals surface area contributed by atoms with Gasteiger partial charge in [0, 0.05) is 28.4 Å². The summed E-state index contributed by atoms with van der Waals surface area (Å²) in [5.41, 5.74) is 3.03. The van der Waals surface area contributed by atoms with Gasteiger partial charge < -0.3 is 4.57 Å². The summed E-state index contributed by atoms with van der Waals surface area (Å²) >= 11 is 13.6. The predicted molar refractivity (Wildman–Crippen MR) is 85.1 cm³/mol. The minimum Gasteiger partial charge on any atom is -0.321 e. The van der Waals surface area contributed by atoms with Gasteiger partial charge in [0.15, 0.2) is 0 Å². The van der Waals surface area contributed by atoms with Crippen molar-refractivity contribution < 1.29 is 0 Å². The predicted octanol–water partition coefficient (Wildman–Crippen LogP) is 4.28. The molecular formula is C14H13Cl2N3S. The molecule has 20 heavy (non-hydrogen) atoms. The van der Waals surface area contributed by atoms with Crippen molar-refractivity contribution in [1.29, 1.82) is 0 Å². The van der Waals surface area contributed by atoms with Crippen LogP contribution in [-0.4, -0.2) is 20.4 Å². The van der Waals surface area contributed by atoms with Crippen LogP contribution in [0.25, 0.3) is 11.0 Å². The van der Waals surface area contributed by atoms with Gasteiger partial charge in [-0.1, -0.05) is 11.6 Å². The van der Waals surface area contributed by atoms with Crippen LogP contribution in [0.1, 0.15) is 16.5 Å². The number of aryl methyl sites for hydroxylation is 2. The summed E-state index contributed by atoms with van der Waals surface area (Å²) in [6, 6.07) is 5.78. The first kappa shape index (κ1) is 13.9. The largest absolute Gasteiger partial charge is 0.321 e. The van der Waals surface area contributed by atoms with E-state index in [0.29, 0.717) is 10.9 Å². The van der Waals surface area contributed by atoms with E-state index in [9.17, 15) is 0 Å². The molecule has 0 amide bonds. The average molecular weight is 326 g/mol. The molecule has 0 saturated heterocycles. The second-order valence-electron chi connectivity index (χ2n) is 4.57. The van der Waals surface area contributed by atoms with Crippen LogP contribution in [0.3, 0.4) is 0 Å². The van der Waals surface area contributed by atoms with Gasteiger partial charge >= 0.3 is 0 Å². The van der Waals surface area contributed by atoms with Gasteiger partial charge in [-0.25, -0.2) is 9.97 Å². The Bertz CT molecular complexity index is 748. The van der Waals surface area contributed by atoms with E-state index < -0.39 is 0 Å². The summed E-state index contributed by atoms with van der Waals surface area (Å²) in [6.45, 7) is 2.73. The lowest BCUT2D eigenvalue weighted by molar-refractivity contribution is 0.748. The zero-order valence-electron chi connectivity index (χ0n) is 10.9. The van der Waals surface area contributed by atoms with E-state index in [1.807, 2.05) is 25.1 Å². The Hall–Kier alpha value is -1.10. The lowest BCUT2D eigenvalue weighted by Crippen LogP contribution is -2.05. The summed E-state index contributed by atoms with van der Waals surface area (Å²) in [4.78, 5) is 9.16. The molecule has 2 aromatic heterocycles. The van der Waals surface area contributed by atoms with Gasteiger partial charge in [0.2, 0.25) is 0 Å². The highest BCUT2D eigenvalue weighted by atomic mass is 35.5. The number of alkyl halides is 1. The molecule has 0 spiro atoms. The maximum Gasteiger partial charge on any atom is 0.113 e. The first-order chi connectivity index (χ1) is 9.67. The van der Waals surface area contributed by atoms with Gasteiger partial charge in [-0.05, 0) is 25.1 Å². The van der Waals surface area contributed by atoms with Crippen LogP contribution in [0, 0.1) is 6.92 Å². The van der Waals surface area contributed by atoms with Crippen molar-refractivity contribution in [3.05, 3.63) is 45.1 Å². The maximum absolute atomic E-state index is 6.04. The Labute approximate surface area is 131 Å². The molecule has 0 fully saturated rings. The van der Waals surface area contributed by atoms with Crippen molar-refractivity contribution in [1.82, 2.24) is 14.5 Å². The fraction of sp³-hybridized carbons (Fsp3) is 0.286. The SMILES string of the molecule is Cc1csc(Cn2c(CCCl)nc3cc(Cl)ccc32)n1. The molecule has 3 rings (SSSR count). The molecule has 0 radical (unpaired) electrons. The minimum absolute atomic E-state index is 0.550. The third-order valence-electron chi connectivity index (χ3n) is 3.07. The molecule has 0 aliphatic heterocycles. The number of halogens is 2. The van der Waals surface area contributed by atoms with Crippen molar-refractivity contribution in [3.63, 3.8) is 0 Å². The zero-order chi connectivity index (χ0) is 14.1. The molecule has 0 bridgehead atoms. The molecule has 0 saturated carbocycles. The molecule has 104 valence electrons. The van der Waals surface area contributed by atoms with Gasteiger partial charge in [0.05, 0.1) is 17.6 Å². The summed E-state index contributed by atoms with van der Waals surface area (Å²) in [6.07, 6.45) is 0.734. The van der Waals surface area contributed by atoms with Crippen LogP contribution in [0.5, 0.6) is 0 Å². The van der Waals surface area contributed by atoms with E-state index in [-0.39, 0.29) is 0 Å². The fourth-order valence-corrected chi connectivity index (χ4v) is 3.31. The molecule has 0 unspecified atom stereocenters. The van der Waals surface area contributed by atoms with E-state index in [1.54, 1.807) is 11.3 Å². The number of aromatic nitrogens is 3. The van der Waals surface area contributed by atoms with E-state index in [1.165, 1.54) is 0 Å². The monoisotopic (exact) mass is 325 g/mol. The number of hydrogen-bond donors (Lipinski definition) is 0. The van der Waals surface area contributed by atoms with Gasteiger partial charge in [-0.2, -0.15) is 0 Å². The highest BCUT2D eigenvalue weighted by molar-refractivity contribution is 7.09. The normalized spacial score (nSPS) is 11.3. The molecule has 6 heteroatoms. The van der Waals surface area contributed by atoms with Gasteiger partial charge in [-0.3, -0.25) is 0 Å². The third-order valence-corrected chi connectivity index (χ3v) is 4.44. The number of nitrogens with zero attached hydrogens (tertiary/aromatic N) is 3. The highest BCUT2D eigenvalue weighted by Crippen LogP contribution is 2.23. The van der Waals surface area contributed by atoms with Crippen molar-refractivity contribution >= 4 is 45.6 Å². The van der Waals surface area contributed by atoms with Crippen molar-refractivity contribution in [2.24, 2.45) is 0 Å². The molecule has 0 aliphatic rings. The third kappa shape index (κ3) is 2.68. The first-order valence-corrected chi connectivity index (χ1v) is 8.08. The van der Waals surface area contributed by atoms with Crippen LogP contribution in [0.15, 0.2) is 23.6 Å². The molecular weight excluding hydrogens is 313 g/mol. The topological polar surface area (TPSA) is 30.7 Å². The molecule has 3 aromatic rings. The first-order valence-electron chi connectivity index (χ1n) is 6.29. The number of fused-ring (bicyclic) bond motifs is 1. The number of benzene rings is 1.